The summed E-state index contributed by atoms with van der Waals surface area (Å²) < 4.78 is 0. The molecule has 0 aliphatic heterocycles. The number of rotatable bonds is 4. The van der Waals surface area contributed by atoms with Crippen LogP contribution in [-0.4, -0.2) is 0 Å². The van der Waals surface area contributed by atoms with E-state index in [1.165, 1.54) is 33.0 Å². The lowest BCUT2D eigenvalue weighted by Gasteiger charge is -2.07. The smallest absolute Gasteiger partial charge is 0.0105 e. The van der Waals surface area contributed by atoms with E-state index < -0.39 is 0 Å². The molecule has 124 valence electrons. The van der Waals surface area contributed by atoms with Crippen molar-refractivity contribution in [3.8, 4) is 0 Å². The highest BCUT2D eigenvalue weighted by Crippen LogP contribution is 2.26. The van der Waals surface area contributed by atoms with Crippen LogP contribution in [0.15, 0.2) is 97.1 Å². The summed E-state index contributed by atoms with van der Waals surface area (Å²) in [5.41, 5.74) is 4.89. The Labute approximate surface area is 154 Å². The van der Waals surface area contributed by atoms with Gasteiger partial charge in [-0.3, -0.25) is 0 Å². The van der Waals surface area contributed by atoms with Gasteiger partial charge in [0.05, 0.1) is 0 Å². The van der Waals surface area contributed by atoms with Gasteiger partial charge in [-0.1, -0.05) is 121 Å². The second-order valence-electron chi connectivity index (χ2n) is 6.28. The average molecular weight is 332 g/mol. The first kappa shape index (κ1) is 16.1. The molecular formula is C26H20. The van der Waals surface area contributed by atoms with Gasteiger partial charge in [0.1, 0.15) is 0 Å². The lowest BCUT2D eigenvalue weighted by molar-refractivity contribution is 1.64. The maximum absolute atomic E-state index is 2.22. The van der Waals surface area contributed by atoms with E-state index in [9.17, 15) is 0 Å². The quantitative estimate of drug-likeness (QED) is 0.347. The molecule has 0 saturated carbocycles. The molecule has 4 rings (SSSR count). The fourth-order valence-electron chi connectivity index (χ4n) is 3.14. The molecule has 4 aromatic rings. The lowest BCUT2D eigenvalue weighted by atomic mass is 9.97. The number of hydrogen-bond donors (Lipinski definition) is 0. The molecule has 0 bridgehead atoms. The topological polar surface area (TPSA) is 0 Å². The Balaban J connectivity index is 1.79. The molecule has 4 aromatic carbocycles. The molecule has 0 N–H and O–H groups in total. The van der Waals surface area contributed by atoms with E-state index in [0.717, 1.165) is 0 Å². The van der Waals surface area contributed by atoms with Crippen LogP contribution in [0.4, 0.5) is 0 Å². The Kier molecular flexibility index (Phi) is 4.75. The van der Waals surface area contributed by atoms with Gasteiger partial charge < -0.3 is 0 Å². The molecule has 0 spiro atoms. The fraction of sp³-hybridized carbons (Fsp3) is 0. The van der Waals surface area contributed by atoms with Crippen LogP contribution < -0.4 is 0 Å². The van der Waals surface area contributed by atoms with Gasteiger partial charge in [0.2, 0.25) is 0 Å². The third-order valence-electron chi connectivity index (χ3n) is 4.50. The maximum atomic E-state index is 2.22. The highest BCUT2D eigenvalue weighted by Gasteiger charge is 2.03. The summed E-state index contributed by atoms with van der Waals surface area (Å²) in [6.07, 6.45) is 8.78. The second kappa shape index (κ2) is 7.67. The lowest BCUT2D eigenvalue weighted by Crippen LogP contribution is -1.85. The Morgan fingerprint density at radius 2 is 1.00 bits per heavy atom. The van der Waals surface area contributed by atoms with Crippen LogP contribution in [-0.2, 0) is 0 Å². The summed E-state index contributed by atoms with van der Waals surface area (Å²) in [7, 11) is 0. The number of hydrogen-bond acceptors (Lipinski definition) is 0. The minimum Gasteiger partial charge on any atom is -0.0622 e. The highest BCUT2D eigenvalue weighted by atomic mass is 14.1. The minimum absolute atomic E-state index is 1.21. The molecule has 0 nitrogen and oxygen atoms in total. The number of fused-ring (bicyclic) bond motifs is 1. The van der Waals surface area contributed by atoms with Gasteiger partial charge >= 0.3 is 0 Å². The Hall–Kier alpha value is -3.38. The molecule has 0 heteroatoms. The molecule has 0 aliphatic rings. The van der Waals surface area contributed by atoms with Crippen LogP contribution in [0.5, 0.6) is 0 Å². The van der Waals surface area contributed by atoms with Crippen LogP contribution in [0.2, 0.25) is 0 Å². The predicted molar refractivity (Wildman–Crippen MR) is 115 cm³/mol. The van der Waals surface area contributed by atoms with E-state index in [2.05, 4.69) is 109 Å². The normalized spacial score (nSPS) is 11.5. The van der Waals surface area contributed by atoms with E-state index in [4.69, 9.17) is 0 Å². The molecule has 0 radical (unpaired) electrons. The van der Waals surface area contributed by atoms with Crippen molar-refractivity contribution in [2.45, 2.75) is 0 Å². The van der Waals surface area contributed by atoms with Crippen molar-refractivity contribution < 1.29 is 0 Å². The molecular weight excluding hydrogens is 312 g/mol. The zero-order valence-corrected chi connectivity index (χ0v) is 14.5. The Morgan fingerprint density at radius 3 is 1.69 bits per heavy atom. The van der Waals surface area contributed by atoms with Crippen LogP contribution in [0.1, 0.15) is 22.3 Å². The average Bonchev–Trinajstić information content (AvgIpc) is 2.72. The van der Waals surface area contributed by atoms with Gasteiger partial charge in [-0.05, 0) is 33.0 Å². The molecule has 0 aliphatic carbocycles. The molecule has 26 heavy (non-hydrogen) atoms. The summed E-state index contributed by atoms with van der Waals surface area (Å²) in [6, 6.07) is 33.8. The van der Waals surface area contributed by atoms with Crippen molar-refractivity contribution >= 4 is 35.1 Å². The zero-order valence-electron chi connectivity index (χ0n) is 14.5. The zero-order chi connectivity index (χ0) is 17.6. The molecule has 0 aromatic heterocycles. The summed E-state index contributed by atoms with van der Waals surface area (Å²) in [6.45, 7) is 0. The van der Waals surface area contributed by atoms with Crippen molar-refractivity contribution in [2.24, 2.45) is 0 Å². The molecule has 0 saturated heterocycles. The summed E-state index contributed by atoms with van der Waals surface area (Å²) >= 11 is 0. The van der Waals surface area contributed by atoms with E-state index in [1.54, 1.807) is 0 Å². The molecule has 0 unspecified atom stereocenters. The number of benzene rings is 4. The van der Waals surface area contributed by atoms with E-state index >= 15 is 0 Å². The van der Waals surface area contributed by atoms with Crippen molar-refractivity contribution in [1.82, 2.24) is 0 Å². The molecule has 0 amide bonds. The van der Waals surface area contributed by atoms with Crippen LogP contribution in [0.3, 0.4) is 0 Å². The SMILES string of the molecule is C(=C\c1ccc2ccccc2c1/C=C/c1ccccc1)/c1ccccc1. The highest BCUT2D eigenvalue weighted by molar-refractivity contribution is 5.97. The van der Waals surface area contributed by atoms with Gasteiger partial charge in [-0.25, -0.2) is 0 Å². The van der Waals surface area contributed by atoms with E-state index in [1.807, 2.05) is 12.1 Å². The molecule has 0 atom stereocenters. The third kappa shape index (κ3) is 3.65. The largest absolute Gasteiger partial charge is 0.0622 e. The van der Waals surface area contributed by atoms with Crippen LogP contribution in [0, 0.1) is 0 Å². The van der Waals surface area contributed by atoms with E-state index in [0.29, 0.717) is 0 Å². The van der Waals surface area contributed by atoms with Crippen LogP contribution in [0.25, 0.3) is 35.1 Å². The van der Waals surface area contributed by atoms with Crippen molar-refractivity contribution in [3.05, 3.63) is 119 Å². The monoisotopic (exact) mass is 332 g/mol. The van der Waals surface area contributed by atoms with E-state index in [-0.39, 0.29) is 0 Å². The fourth-order valence-corrected chi connectivity index (χ4v) is 3.14. The van der Waals surface area contributed by atoms with Crippen molar-refractivity contribution in [2.75, 3.05) is 0 Å². The van der Waals surface area contributed by atoms with Crippen molar-refractivity contribution in [3.63, 3.8) is 0 Å². The Bertz CT molecular complexity index is 1050. The molecule has 0 heterocycles. The Morgan fingerprint density at radius 1 is 0.423 bits per heavy atom. The van der Waals surface area contributed by atoms with Gasteiger partial charge in [0.25, 0.3) is 0 Å². The maximum Gasteiger partial charge on any atom is -0.0105 e. The summed E-state index contributed by atoms with van der Waals surface area (Å²) in [5, 5.41) is 2.53. The first-order chi connectivity index (χ1) is 12.9. The van der Waals surface area contributed by atoms with Gasteiger partial charge in [0.15, 0.2) is 0 Å². The predicted octanol–water partition coefficient (Wildman–Crippen LogP) is 7.18. The summed E-state index contributed by atoms with van der Waals surface area (Å²) in [4.78, 5) is 0. The third-order valence-corrected chi connectivity index (χ3v) is 4.50. The van der Waals surface area contributed by atoms with Crippen molar-refractivity contribution in [1.29, 1.82) is 0 Å². The standard InChI is InChI=1S/C26H20/c1-3-9-21(10-4-1)15-17-24-19-18-23-13-7-8-14-25(23)26(24)20-16-22-11-5-2-6-12-22/h1-20H/b17-15+,20-16+. The van der Waals surface area contributed by atoms with Gasteiger partial charge in [0, 0.05) is 0 Å². The van der Waals surface area contributed by atoms with Gasteiger partial charge in [-0.15, -0.1) is 0 Å². The summed E-state index contributed by atoms with van der Waals surface area (Å²) in [5.74, 6) is 0. The second-order valence-corrected chi connectivity index (χ2v) is 6.28. The first-order valence-electron chi connectivity index (χ1n) is 8.88. The minimum atomic E-state index is 1.21. The molecule has 0 fully saturated rings. The van der Waals surface area contributed by atoms with Crippen LogP contribution >= 0.6 is 0 Å². The van der Waals surface area contributed by atoms with Gasteiger partial charge in [-0.2, -0.15) is 0 Å². The first-order valence-corrected chi connectivity index (χ1v) is 8.88.